The number of thiophene rings is 1. The van der Waals surface area contributed by atoms with Gasteiger partial charge < -0.3 is 5.32 Å². The summed E-state index contributed by atoms with van der Waals surface area (Å²) >= 11 is 2.79. The van der Waals surface area contributed by atoms with Gasteiger partial charge in [-0.2, -0.15) is 0 Å². The van der Waals surface area contributed by atoms with E-state index in [-0.39, 0.29) is 23.3 Å². The molecule has 1 atom stereocenters. The molecule has 148 valence electrons. The van der Waals surface area contributed by atoms with Crippen LogP contribution in [0.4, 0.5) is 0 Å². The van der Waals surface area contributed by atoms with E-state index in [4.69, 9.17) is 4.98 Å². The Balaban J connectivity index is 1.89. The molecule has 3 rings (SSSR count). The number of nitrogens with one attached hydrogen (secondary N) is 1. The number of aromatic nitrogens is 2. The highest BCUT2D eigenvalue weighted by Crippen LogP contribution is 2.32. The summed E-state index contributed by atoms with van der Waals surface area (Å²) in [6, 6.07) is 10.1. The zero-order valence-electron chi connectivity index (χ0n) is 16.4. The lowest BCUT2D eigenvalue weighted by Crippen LogP contribution is -2.34. The van der Waals surface area contributed by atoms with Crippen molar-refractivity contribution in [2.24, 2.45) is 0 Å². The van der Waals surface area contributed by atoms with Crippen LogP contribution < -0.4 is 10.9 Å². The van der Waals surface area contributed by atoms with E-state index in [1.54, 1.807) is 4.57 Å². The van der Waals surface area contributed by atoms with Gasteiger partial charge in [-0.25, -0.2) is 4.98 Å². The average Bonchev–Trinajstić information content (AvgIpc) is 3.11. The van der Waals surface area contributed by atoms with E-state index in [0.717, 1.165) is 28.8 Å². The summed E-state index contributed by atoms with van der Waals surface area (Å²) in [6.45, 7) is 6.55. The smallest absolute Gasteiger partial charge is 0.263 e. The molecule has 1 N–H and O–H groups in total. The van der Waals surface area contributed by atoms with Crippen LogP contribution in [0.25, 0.3) is 21.3 Å². The maximum atomic E-state index is 13.2. The summed E-state index contributed by atoms with van der Waals surface area (Å²) in [5.41, 5.74) is 1.89. The Hall–Kier alpha value is -2.12. The molecule has 0 unspecified atom stereocenters. The Bertz CT molecular complexity index is 1010. The van der Waals surface area contributed by atoms with Crippen molar-refractivity contribution in [3.8, 4) is 11.1 Å². The SMILES string of the molecule is CCC[C@H](C)NC(=O)CSc1nc2scc(-c3ccccc3)c2c(=O)n1CC. The van der Waals surface area contributed by atoms with E-state index in [0.29, 0.717) is 17.1 Å². The molecular formula is C21H25N3O2S2. The van der Waals surface area contributed by atoms with Gasteiger partial charge in [-0.05, 0) is 25.8 Å². The van der Waals surface area contributed by atoms with Crippen LogP contribution in [0, 0.1) is 0 Å². The second kappa shape index (κ2) is 9.39. The minimum absolute atomic E-state index is 0.0286. The third-order valence-electron chi connectivity index (χ3n) is 4.52. The number of benzene rings is 1. The summed E-state index contributed by atoms with van der Waals surface area (Å²) < 4.78 is 1.66. The highest BCUT2D eigenvalue weighted by molar-refractivity contribution is 7.99. The van der Waals surface area contributed by atoms with Gasteiger partial charge in [0.15, 0.2) is 5.16 Å². The standard InChI is InChI=1S/C21H25N3O2S2/c1-4-9-14(3)22-17(25)13-28-21-23-19-18(20(26)24(21)5-2)16(12-27-19)15-10-7-6-8-11-15/h6-8,10-12,14H,4-5,9,13H2,1-3H3,(H,22,25)/t14-/m0/s1. The summed E-state index contributed by atoms with van der Waals surface area (Å²) in [5, 5.41) is 6.23. The number of nitrogens with zero attached hydrogens (tertiary/aromatic N) is 2. The van der Waals surface area contributed by atoms with Crippen molar-refractivity contribution in [3.05, 3.63) is 46.1 Å². The molecule has 5 nitrogen and oxygen atoms in total. The molecule has 0 spiro atoms. The largest absolute Gasteiger partial charge is 0.353 e. The van der Waals surface area contributed by atoms with Gasteiger partial charge in [-0.15, -0.1) is 11.3 Å². The van der Waals surface area contributed by atoms with Gasteiger partial charge >= 0.3 is 0 Å². The third kappa shape index (κ3) is 4.47. The summed E-state index contributed by atoms with van der Waals surface area (Å²) in [4.78, 5) is 30.8. The van der Waals surface area contributed by atoms with Gasteiger partial charge in [-0.1, -0.05) is 55.4 Å². The molecule has 1 aromatic carbocycles. The predicted molar refractivity (Wildman–Crippen MR) is 118 cm³/mol. The first-order chi connectivity index (χ1) is 13.5. The van der Waals surface area contributed by atoms with Crippen molar-refractivity contribution in [2.45, 2.75) is 51.4 Å². The maximum Gasteiger partial charge on any atom is 0.263 e. The van der Waals surface area contributed by atoms with Crippen molar-refractivity contribution >= 4 is 39.2 Å². The number of fused-ring (bicyclic) bond motifs is 1. The lowest BCUT2D eigenvalue weighted by Gasteiger charge is -2.13. The number of hydrogen-bond donors (Lipinski definition) is 1. The van der Waals surface area contributed by atoms with Gasteiger partial charge in [0.05, 0.1) is 11.1 Å². The minimum atomic E-state index is -0.0464. The Kier molecular flexibility index (Phi) is 6.91. The van der Waals surface area contributed by atoms with Crippen LogP contribution in [0.1, 0.15) is 33.6 Å². The van der Waals surface area contributed by atoms with Crippen molar-refractivity contribution in [1.82, 2.24) is 14.9 Å². The molecule has 2 aromatic heterocycles. The predicted octanol–water partition coefficient (Wildman–Crippen LogP) is 4.54. The molecular weight excluding hydrogens is 390 g/mol. The molecule has 0 radical (unpaired) electrons. The lowest BCUT2D eigenvalue weighted by molar-refractivity contribution is -0.119. The summed E-state index contributed by atoms with van der Waals surface area (Å²) in [5.74, 6) is 0.224. The first kappa shape index (κ1) is 20.6. The van der Waals surface area contributed by atoms with Crippen LogP contribution in [0.2, 0.25) is 0 Å². The summed E-state index contributed by atoms with van der Waals surface area (Å²) in [6.07, 6.45) is 1.99. The topological polar surface area (TPSA) is 64.0 Å². The molecule has 0 saturated carbocycles. The lowest BCUT2D eigenvalue weighted by atomic mass is 10.1. The fourth-order valence-electron chi connectivity index (χ4n) is 3.18. The Morgan fingerprint density at radius 3 is 2.71 bits per heavy atom. The number of hydrogen-bond acceptors (Lipinski definition) is 5. The van der Waals surface area contributed by atoms with Gasteiger partial charge in [-0.3, -0.25) is 14.2 Å². The Morgan fingerprint density at radius 2 is 2.04 bits per heavy atom. The molecule has 0 aliphatic rings. The van der Waals surface area contributed by atoms with Gasteiger partial charge in [0.25, 0.3) is 5.56 Å². The zero-order chi connectivity index (χ0) is 20.1. The van der Waals surface area contributed by atoms with Crippen LogP contribution in [0.3, 0.4) is 0 Å². The molecule has 3 aromatic rings. The molecule has 0 saturated heterocycles. The first-order valence-corrected chi connectivity index (χ1v) is 11.4. The molecule has 0 bridgehead atoms. The van der Waals surface area contributed by atoms with E-state index in [1.807, 2.05) is 49.6 Å². The molecule has 0 aliphatic heterocycles. The van der Waals surface area contributed by atoms with Crippen molar-refractivity contribution in [1.29, 1.82) is 0 Å². The van der Waals surface area contributed by atoms with Crippen LogP contribution in [-0.2, 0) is 11.3 Å². The van der Waals surface area contributed by atoms with E-state index < -0.39 is 0 Å². The molecule has 28 heavy (non-hydrogen) atoms. The van der Waals surface area contributed by atoms with Crippen LogP contribution >= 0.6 is 23.1 Å². The molecule has 0 aliphatic carbocycles. The molecule has 7 heteroatoms. The van der Waals surface area contributed by atoms with Gasteiger partial charge in [0, 0.05) is 23.5 Å². The fourth-order valence-corrected chi connectivity index (χ4v) is 5.04. The van der Waals surface area contributed by atoms with Crippen LogP contribution in [-0.4, -0.2) is 27.3 Å². The maximum absolute atomic E-state index is 13.2. The highest BCUT2D eigenvalue weighted by Gasteiger charge is 2.17. The fraction of sp³-hybridized carbons (Fsp3) is 0.381. The van der Waals surface area contributed by atoms with Crippen molar-refractivity contribution in [2.75, 3.05) is 5.75 Å². The molecule has 2 heterocycles. The van der Waals surface area contributed by atoms with Crippen LogP contribution in [0.5, 0.6) is 0 Å². The minimum Gasteiger partial charge on any atom is -0.353 e. The number of carbonyl (C=O) groups is 1. The second-order valence-electron chi connectivity index (χ2n) is 6.69. The normalized spacial score (nSPS) is 12.2. The highest BCUT2D eigenvalue weighted by atomic mass is 32.2. The zero-order valence-corrected chi connectivity index (χ0v) is 18.0. The number of amides is 1. The van der Waals surface area contributed by atoms with E-state index >= 15 is 0 Å². The molecule has 1 amide bonds. The number of rotatable bonds is 8. The Morgan fingerprint density at radius 1 is 1.29 bits per heavy atom. The van der Waals surface area contributed by atoms with Gasteiger partial charge in [0.1, 0.15) is 4.83 Å². The van der Waals surface area contributed by atoms with Crippen LogP contribution in [0.15, 0.2) is 45.7 Å². The summed E-state index contributed by atoms with van der Waals surface area (Å²) in [7, 11) is 0. The van der Waals surface area contributed by atoms with E-state index in [1.165, 1.54) is 23.1 Å². The Labute approximate surface area is 173 Å². The van der Waals surface area contributed by atoms with E-state index in [9.17, 15) is 9.59 Å². The second-order valence-corrected chi connectivity index (χ2v) is 8.49. The average molecular weight is 416 g/mol. The monoisotopic (exact) mass is 415 g/mol. The van der Waals surface area contributed by atoms with Gasteiger partial charge in [0.2, 0.25) is 5.91 Å². The third-order valence-corrected chi connectivity index (χ3v) is 6.37. The number of thioether (sulfide) groups is 1. The molecule has 0 fully saturated rings. The van der Waals surface area contributed by atoms with Crippen molar-refractivity contribution < 1.29 is 4.79 Å². The van der Waals surface area contributed by atoms with Crippen molar-refractivity contribution in [3.63, 3.8) is 0 Å². The first-order valence-electron chi connectivity index (χ1n) is 9.54. The quantitative estimate of drug-likeness (QED) is 0.433. The number of carbonyl (C=O) groups excluding carboxylic acids is 1. The van der Waals surface area contributed by atoms with E-state index in [2.05, 4.69) is 12.2 Å².